The summed E-state index contributed by atoms with van der Waals surface area (Å²) in [5.74, 6) is 1.76. The minimum absolute atomic E-state index is 0.916. The quantitative estimate of drug-likeness (QED) is 0.238. The van der Waals surface area contributed by atoms with Crippen molar-refractivity contribution in [1.82, 2.24) is 0 Å². The van der Waals surface area contributed by atoms with Crippen LogP contribution < -0.4 is 0 Å². The summed E-state index contributed by atoms with van der Waals surface area (Å²) >= 11 is 0. The zero-order chi connectivity index (χ0) is 16.3. The molecule has 0 saturated heterocycles. The van der Waals surface area contributed by atoms with Crippen molar-refractivity contribution in [2.24, 2.45) is 0 Å². The molecule has 1 nitrogen and oxygen atoms in total. The van der Waals surface area contributed by atoms with E-state index in [1.807, 2.05) is 7.11 Å². The van der Waals surface area contributed by atoms with Gasteiger partial charge in [0.1, 0.15) is 0 Å². The lowest BCUT2D eigenvalue weighted by atomic mass is 9.92. The molecule has 0 aromatic rings. The SMILES string of the molecule is CCCCCCCCCCCC[C](CCCCC)CCOC. The molecule has 0 heterocycles. The smallest absolute Gasteiger partial charge is 0.0467 e. The molecule has 0 atom stereocenters. The predicted molar refractivity (Wildman–Crippen MR) is 100 cm³/mol. The van der Waals surface area contributed by atoms with E-state index in [1.54, 1.807) is 5.92 Å². The highest BCUT2D eigenvalue weighted by Crippen LogP contribution is 2.23. The van der Waals surface area contributed by atoms with E-state index < -0.39 is 0 Å². The van der Waals surface area contributed by atoms with Gasteiger partial charge < -0.3 is 4.74 Å². The van der Waals surface area contributed by atoms with Crippen LogP contribution >= 0.6 is 0 Å². The fourth-order valence-corrected chi connectivity index (χ4v) is 3.11. The molecule has 133 valence electrons. The summed E-state index contributed by atoms with van der Waals surface area (Å²) in [6, 6.07) is 0. The lowest BCUT2D eigenvalue weighted by molar-refractivity contribution is 0.194. The second kappa shape index (κ2) is 19.0. The number of ether oxygens (including phenoxy) is 1. The summed E-state index contributed by atoms with van der Waals surface area (Å²) in [4.78, 5) is 0. The van der Waals surface area contributed by atoms with Crippen molar-refractivity contribution in [2.75, 3.05) is 13.7 Å². The lowest BCUT2D eigenvalue weighted by Gasteiger charge is -2.15. The van der Waals surface area contributed by atoms with Crippen molar-refractivity contribution < 1.29 is 4.74 Å². The summed E-state index contributed by atoms with van der Waals surface area (Å²) in [6.07, 6.45) is 22.3. The van der Waals surface area contributed by atoms with Gasteiger partial charge in [-0.05, 0) is 25.2 Å². The summed E-state index contributed by atoms with van der Waals surface area (Å²) < 4.78 is 5.26. The molecule has 22 heavy (non-hydrogen) atoms. The third kappa shape index (κ3) is 16.3. The zero-order valence-corrected chi connectivity index (χ0v) is 15.9. The van der Waals surface area contributed by atoms with E-state index in [4.69, 9.17) is 4.74 Å². The molecule has 0 fully saturated rings. The number of rotatable bonds is 18. The molecule has 0 aliphatic heterocycles. The van der Waals surface area contributed by atoms with Gasteiger partial charge in [-0.3, -0.25) is 0 Å². The number of hydrogen-bond donors (Lipinski definition) is 0. The standard InChI is InChI=1S/C21H43O/c1-4-6-8-9-10-11-12-13-14-16-18-21(19-20-22-3)17-15-7-5-2/h4-20H2,1-3H3. The molecule has 0 aromatic carbocycles. The highest BCUT2D eigenvalue weighted by atomic mass is 16.5. The maximum Gasteiger partial charge on any atom is 0.0467 e. The van der Waals surface area contributed by atoms with Gasteiger partial charge in [0.25, 0.3) is 0 Å². The second-order valence-electron chi connectivity index (χ2n) is 6.88. The van der Waals surface area contributed by atoms with E-state index in [9.17, 15) is 0 Å². The first-order chi connectivity index (χ1) is 10.8. The molecule has 0 bridgehead atoms. The van der Waals surface area contributed by atoms with Crippen molar-refractivity contribution in [3.05, 3.63) is 5.92 Å². The van der Waals surface area contributed by atoms with Crippen LogP contribution in [0.3, 0.4) is 0 Å². The van der Waals surface area contributed by atoms with Crippen molar-refractivity contribution in [3.8, 4) is 0 Å². The first-order valence-corrected chi connectivity index (χ1v) is 10.2. The Kier molecular flexibility index (Phi) is 19.0. The molecule has 1 radical (unpaired) electrons. The first-order valence-electron chi connectivity index (χ1n) is 10.2. The highest BCUT2D eigenvalue weighted by Gasteiger charge is 2.08. The third-order valence-electron chi connectivity index (χ3n) is 4.68. The highest BCUT2D eigenvalue weighted by molar-refractivity contribution is 4.89. The Bertz CT molecular complexity index is 190. The Morgan fingerprint density at radius 2 is 0.955 bits per heavy atom. The molecular formula is C21H43O. The fraction of sp³-hybridized carbons (Fsp3) is 0.952. The fourth-order valence-electron chi connectivity index (χ4n) is 3.11. The monoisotopic (exact) mass is 311 g/mol. The van der Waals surface area contributed by atoms with E-state index in [-0.39, 0.29) is 0 Å². The molecule has 1 heteroatoms. The molecule has 0 saturated carbocycles. The second-order valence-corrected chi connectivity index (χ2v) is 6.88. The minimum Gasteiger partial charge on any atom is -0.385 e. The molecule has 0 spiro atoms. The van der Waals surface area contributed by atoms with E-state index in [0.29, 0.717) is 0 Å². The van der Waals surface area contributed by atoms with E-state index in [0.717, 1.165) is 6.61 Å². The van der Waals surface area contributed by atoms with Gasteiger partial charge in [-0.1, -0.05) is 97.3 Å². The topological polar surface area (TPSA) is 9.23 Å². The van der Waals surface area contributed by atoms with Gasteiger partial charge in [-0.15, -0.1) is 0 Å². The predicted octanol–water partition coefficient (Wildman–Crippen LogP) is 7.49. The largest absolute Gasteiger partial charge is 0.385 e. The van der Waals surface area contributed by atoms with Gasteiger partial charge in [-0.2, -0.15) is 0 Å². The minimum atomic E-state index is 0.916. The van der Waals surface area contributed by atoms with Crippen molar-refractivity contribution >= 4 is 0 Å². The number of methoxy groups -OCH3 is 1. The third-order valence-corrected chi connectivity index (χ3v) is 4.68. The average Bonchev–Trinajstić information content (AvgIpc) is 2.53. The first kappa shape index (κ1) is 22.0. The summed E-state index contributed by atoms with van der Waals surface area (Å²) in [5, 5.41) is 0. The van der Waals surface area contributed by atoms with Crippen LogP contribution in [-0.2, 0) is 4.74 Å². The molecule has 0 aromatic heterocycles. The van der Waals surface area contributed by atoms with Gasteiger partial charge in [0.2, 0.25) is 0 Å². The maximum absolute atomic E-state index is 5.26. The van der Waals surface area contributed by atoms with Crippen LogP contribution in [-0.4, -0.2) is 13.7 Å². The van der Waals surface area contributed by atoms with Crippen LogP contribution in [0.2, 0.25) is 0 Å². The van der Waals surface area contributed by atoms with E-state index in [1.165, 1.54) is 103 Å². The van der Waals surface area contributed by atoms with Crippen LogP contribution in [0.5, 0.6) is 0 Å². The molecule has 0 aliphatic rings. The van der Waals surface area contributed by atoms with Gasteiger partial charge in [0.05, 0.1) is 0 Å². The Balaban J connectivity index is 3.41. The molecule has 0 rings (SSSR count). The van der Waals surface area contributed by atoms with Gasteiger partial charge >= 0.3 is 0 Å². The number of unbranched alkanes of at least 4 members (excludes halogenated alkanes) is 11. The Hall–Kier alpha value is -0.0400. The van der Waals surface area contributed by atoms with Crippen molar-refractivity contribution in [1.29, 1.82) is 0 Å². The van der Waals surface area contributed by atoms with Crippen molar-refractivity contribution in [3.63, 3.8) is 0 Å². The maximum atomic E-state index is 5.26. The molecule has 0 unspecified atom stereocenters. The van der Waals surface area contributed by atoms with Gasteiger partial charge in [-0.25, -0.2) is 0 Å². The summed E-state index contributed by atoms with van der Waals surface area (Å²) in [6.45, 7) is 5.50. The average molecular weight is 312 g/mol. The Morgan fingerprint density at radius 1 is 0.545 bits per heavy atom. The molecule has 0 aliphatic carbocycles. The molecule has 0 N–H and O–H groups in total. The van der Waals surface area contributed by atoms with Crippen LogP contribution in [0.1, 0.15) is 117 Å². The molecule has 0 amide bonds. The normalized spacial score (nSPS) is 11.5. The Labute approximate surface area is 141 Å². The van der Waals surface area contributed by atoms with E-state index in [2.05, 4.69) is 13.8 Å². The summed E-state index contributed by atoms with van der Waals surface area (Å²) in [7, 11) is 1.82. The lowest BCUT2D eigenvalue weighted by Crippen LogP contribution is -2.03. The summed E-state index contributed by atoms with van der Waals surface area (Å²) in [5.41, 5.74) is 0. The van der Waals surface area contributed by atoms with E-state index >= 15 is 0 Å². The Morgan fingerprint density at radius 3 is 1.45 bits per heavy atom. The van der Waals surface area contributed by atoms with Gasteiger partial charge in [0, 0.05) is 13.7 Å². The van der Waals surface area contributed by atoms with Crippen LogP contribution in [0, 0.1) is 5.92 Å². The zero-order valence-electron chi connectivity index (χ0n) is 15.9. The van der Waals surface area contributed by atoms with Crippen molar-refractivity contribution in [2.45, 2.75) is 117 Å². The van der Waals surface area contributed by atoms with Gasteiger partial charge in [0.15, 0.2) is 0 Å². The molecular weight excluding hydrogens is 268 g/mol. The van der Waals surface area contributed by atoms with Crippen LogP contribution in [0.4, 0.5) is 0 Å². The number of hydrogen-bond acceptors (Lipinski definition) is 1. The van der Waals surface area contributed by atoms with Crippen LogP contribution in [0.15, 0.2) is 0 Å². The van der Waals surface area contributed by atoms with Crippen LogP contribution in [0.25, 0.3) is 0 Å².